The minimum Gasteiger partial charge on any atom is -0.397 e. The predicted molar refractivity (Wildman–Crippen MR) is 72.3 cm³/mol. The van der Waals surface area contributed by atoms with Gasteiger partial charge in [0.1, 0.15) is 5.82 Å². The number of hydrogen-bond donors (Lipinski definition) is 3. The first kappa shape index (κ1) is 13.4. The molecule has 1 aliphatic rings. The number of benzene rings is 1. The Labute approximate surface area is 111 Å². The molecule has 0 amide bonds. The van der Waals surface area contributed by atoms with Crippen LogP contribution in [0.15, 0.2) is 12.1 Å². The van der Waals surface area contributed by atoms with Crippen molar-refractivity contribution in [3.05, 3.63) is 23.0 Å². The quantitative estimate of drug-likeness (QED) is 0.739. The lowest BCUT2D eigenvalue weighted by molar-refractivity contribution is 0.142. The van der Waals surface area contributed by atoms with Crippen LogP contribution in [-0.4, -0.2) is 18.3 Å². The Hall–Kier alpha value is -1.00. The second-order valence-electron chi connectivity index (χ2n) is 5.07. The first-order valence-corrected chi connectivity index (χ1v) is 6.53. The van der Waals surface area contributed by atoms with E-state index in [1.54, 1.807) is 0 Å². The zero-order valence-corrected chi connectivity index (χ0v) is 10.9. The molecule has 0 atom stereocenters. The van der Waals surface area contributed by atoms with Crippen molar-refractivity contribution in [2.45, 2.75) is 25.7 Å². The number of nitrogen functional groups attached to an aromatic ring is 1. The molecule has 1 saturated carbocycles. The van der Waals surface area contributed by atoms with Crippen LogP contribution in [0.25, 0.3) is 0 Å². The lowest BCUT2D eigenvalue weighted by Gasteiger charge is -2.27. The molecule has 0 saturated heterocycles. The average Bonchev–Trinajstić information content (AvgIpc) is 2.82. The fourth-order valence-electron chi connectivity index (χ4n) is 2.51. The van der Waals surface area contributed by atoms with Crippen LogP contribution in [0.4, 0.5) is 15.8 Å². The largest absolute Gasteiger partial charge is 0.397 e. The van der Waals surface area contributed by atoms with E-state index in [0.29, 0.717) is 17.9 Å². The van der Waals surface area contributed by atoms with Gasteiger partial charge in [0.15, 0.2) is 0 Å². The molecule has 0 aliphatic heterocycles. The summed E-state index contributed by atoms with van der Waals surface area (Å²) in [6, 6.07) is 2.71. The molecule has 18 heavy (non-hydrogen) atoms. The number of aliphatic hydroxyl groups is 1. The molecular formula is C13H18ClFN2O. The lowest BCUT2D eigenvalue weighted by atomic mass is 9.87. The van der Waals surface area contributed by atoms with Crippen LogP contribution >= 0.6 is 11.6 Å². The monoisotopic (exact) mass is 272 g/mol. The molecule has 3 nitrogen and oxygen atoms in total. The maximum Gasteiger partial charge on any atom is 0.143 e. The fourth-order valence-corrected chi connectivity index (χ4v) is 2.69. The van der Waals surface area contributed by atoms with Gasteiger partial charge in [-0.3, -0.25) is 0 Å². The third kappa shape index (κ3) is 2.70. The van der Waals surface area contributed by atoms with E-state index in [-0.39, 0.29) is 17.0 Å². The number of aliphatic hydroxyl groups excluding tert-OH is 1. The molecule has 0 aromatic heterocycles. The van der Waals surface area contributed by atoms with Crippen molar-refractivity contribution in [2.24, 2.45) is 5.41 Å². The van der Waals surface area contributed by atoms with E-state index in [9.17, 15) is 9.50 Å². The minimum absolute atomic E-state index is 0.0239. The van der Waals surface area contributed by atoms with Gasteiger partial charge in [0.05, 0.1) is 23.0 Å². The Morgan fingerprint density at radius 1 is 1.39 bits per heavy atom. The first-order valence-electron chi connectivity index (χ1n) is 6.16. The van der Waals surface area contributed by atoms with Gasteiger partial charge in [-0.05, 0) is 18.9 Å². The molecule has 100 valence electrons. The molecule has 2 rings (SSSR count). The van der Waals surface area contributed by atoms with Crippen LogP contribution < -0.4 is 11.1 Å². The zero-order valence-electron chi connectivity index (χ0n) is 10.2. The van der Waals surface area contributed by atoms with Crippen molar-refractivity contribution < 1.29 is 9.50 Å². The molecule has 0 unspecified atom stereocenters. The van der Waals surface area contributed by atoms with Crippen molar-refractivity contribution in [2.75, 3.05) is 24.2 Å². The highest BCUT2D eigenvalue weighted by atomic mass is 35.5. The van der Waals surface area contributed by atoms with E-state index in [4.69, 9.17) is 17.3 Å². The maximum absolute atomic E-state index is 13.4. The van der Waals surface area contributed by atoms with E-state index < -0.39 is 5.82 Å². The van der Waals surface area contributed by atoms with Crippen molar-refractivity contribution in [3.63, 3.8) is 0 Å². The summed E-state index contributed by atoms with van der Waals surface area (Å²) >= 11 is 5.65. The van der Waals surface area contributed by atoms with E-state index >= 15 is 0 Å². The Bertz CT molecular complexity index is 433. The topological polar surface area (TPSA) is 58.3 Å². The van der Waals surface area contributed by atoms with Crippen LogP contribution in [0.1, 0.15) is 25.7 Å². The Morgan fingerprint density at radius 2 is 2.06 bits per heavy atom. The van der Waals surface area contributed by atoms with E-state index in [2.05, 4.69) is 5.32 Å². The van der Waals surface area contributed by atoms with Gasteiger partial charge in [0.2, 0.25) is 0 Å². The molecule has 0 bridgehead atoms. The number of halogens is 2. The maximum atomic E-state index is 13.4. The first-order chi connectivity index (χ1) is 8.56. The molecule has 1 fully saturated rings. The Kier molecular flexibility index (Phi) is 3.97. The van der Waals surface area contributed by atoms with E-state index in [1.807, 2.05) is 0 Å². The fraction of sp³-hybridized carbons (Fsp3) is 0.538. The molecule has 1 aliphatic carbocycles. The van der Waals surface area contributed by atoms with Crippen LogP contribution in [0.5, 0.6) is 0 Å². The molecule has 0 heterocycles. The third-order valence-corrected chi connectivity index (χ3v) is 4.04. The van der Waals surface area contributed by atoms with E-state index in [1.165, 1.54) is 12.1 Å². The number of anilines is 2. The second-order valence-corrected chi connectivity index (χ2v) is 5.48. The molecule has 5 heteroatoms. The van der Waals surface area contributed by atoms with Crippen molar-refractivity contribution in [3.8, 4) is 0 Å². The van der Waals surface area contributed by atoms with Crippen LogP contribution in [-0.2, 0) is 0 Å². The summed E-state index contributed by atoms with van der Waals surface area (Å²) in [4.78, 5) is 0. The summed E-state index contributed by atoms with van der Waals surface area (Å²) in [7, 11) is 0. The number of nitrogens with one attached hydrogen (secondary N) is 1. The molecule has 4 N–H and O–H groups in total. The molecule has 0 spiro atoms. The van der Waals surface area contributed by atoms with Gasteiger partial charge in [-0.1, -0.05) is 24.4 Å². The summed E-state index contributed by atoms with van der Waals surface area (Å²) < 4.78 is 13.4. The third-order valence-electron chi connectivity index (χ3n) is 3.75. The minimum atomic E-state index is -0.488. The van der Waals surface area contributed by atoms with Gasteiger partial charge in [-0.15, -0.1) is 0 Å². The van der Waals surface area contributed by atoms with Gasteiger partial charge in [-0.2, -0.15) is 0 Å². The Morgan fingerprint density at radius 3 is 2.67 bits per heavy atom. The van der Waals surface area contributed by atoms with Gasteiger partial charge < -0.3 is 16.2 Å². The highest BCUT2D eigenvalue weighted by molar-refractivity contribution is 6.31. The van der Waals surface area contributed by atoms with Crippen LogP contribution in [0.3, 0.4) is 0 Å². The SMILES string of the molecule is Nc1cc(Cl)c(F)cc1NCC1(CO)CCCC1. The molecular weight excluding hydrogens is 255 g/mol. The highest BCUT2D eigenvalue weighted by Gasteiger charge is 2.33. The number of hydrogen-bond acceptors (Lipinski definition) is 3. The van der Waals surface area contributed by atoms with Crippen molar-refractivity contribution in [1.29, 1.82) is 0 Å². The van der Waals surface area contributed by atoms with Crippen molar-refractivity contribution in [1.82, 2.24) is 0 Å². The number of rotatable bonds is 4. The zero-order chi connectivity index (χ0) is 13.2. The van der Waals surface area contributed by atoms with Gasteiger partial charge in [0, 0.05) is 18.0 Å². The molecule has 0 radical (unpaired) electrons. The molecule has 1 aromatic rings. The normalized spacial score (nSPS) is 17.9. The summed E-state index contributed by atoms with van der Waals surface area (Å²) in [5.74, 6) is -0.488. The summed E-state index contributed by atoms with van der Waals surface area (Å²) in [6.45, 7) is 0.755. The summed E-state index contributed by atoms with van der Waals surface area (Å²) in [5, 5.41) is 12.7. The van der Waals surface area contributed by atoms with Crippen molar-refractivity contribution >= 4 is 23.0 Å². The average molecular weight is 273 g/mol. The van der Waals surface area contributed by atoms with Gasteiger partial charge in [-0.25, -0.2) is 4.39 Å². The lowest BCUT2D eigenvalue weighted by Crippen LogP contribution is -2.30. The van der Waals surface area contributed by atoms with Crippen LogP contribution in [0, 0.1) is 11.2 Å². The second kappa shape index (κ2) is 5.33. The number of nitrogens with two attached hydrogens (primary N) is 1. The summed E-state index contributed by atoms with van der Waals surface area (Å²) in [6.07, 6.45) is 4.25. The van der Waals surface area contributed by atoms with Gasteiger partial charge in [0.25, 0.3) is 0 Å². The van der Waals surface area contributed by atoms with E-state index in [0.717, 1.165) is 25.7 Å². The van der Waals surface area contributed by atoms with Gasteiger partial charge >= 0.3 is 0 Å². The smallest absolute Gasteiger partial charge is 0.143 e. The molecule has 1 aromatic carbocycles. The Balaban J connectivity index is 2.08. The summed E-state index contributed by atoms with van der Waals surface area (Å²) in [5.41, 5.74) is 6.65. The highest BCUT2D eigenvalue weighted by Crippen LogP contribution is 2.38. The van der Waals surface area contributed by atoms with Crippen LogP contribution in [0.2, 0.25) is 5.02 Å². The predicted octanol–water partition coefficient (Wildman–Crippen LogP) is 3.03. The standard InChI is InChI=1S/C13H18ClFN2O/c14-9-5-11(16)12(6-10(9)15)17-7-13(8-18)3-1-2-4-13/h5-6,17-18H,1-4,7-8,16H2.